The maximum atomic E-state index is 14.1. The number of ether oxygens (including phenoxy) is 3. The Balaban J connectivity index is 1.35. The number of nitriles is 2. The fourth-order valence-electron chi connectivity index (χ4n) is 6.70. The van der Waals surface area contributed by atoms with Crippen molar-refractivity contribution in [2.45, 2.75) is 37.1 Å². The van der Waals surface area contributed by atoms with E-state index in [4.69, 9.17) is 19.5 Å². The quantitative estimate of drug-likeness (QED) is 0.462. The molecule has 2 amide bonds. The van der Waals surface area contributed by atoms with Gasteiger partial charge in [-0.2, -0.15) is 10.5 Å². The van der Waals surface area contributed by atoms with Gasteiger partial charge in [-0.25, -0.2) is 4.90 Å². The Labute approximate surface area is 219 Å². The molecule has 5 atom stereocenters. The van der Waals surface area contributed by atoms with E-state index in [1.807, 2.05) is 31.2 Å². The molecule has 0 radical (unpaired) electrons. The second-order valence-corrected chi connectivity index (χ2v) is 10.3. The van der Waals surface area contributed by atoms with Crippen LogP contribution in [0.25, 0.3) is 10.8 Å². The van der Waals surface area contributed by atoms with Gasteiger partial charge in [-0.1, -0.05) is 24.3 Å². The minimum absolute atomic E-state index is 0.267. The molecule has 3 aliphatic heterocycles. The maximum absolute atomic E-state index is 14.1. The number of imide groups is 1. The Kier molecular flexibility index (Phi) is 5.50. The molecular formula is C30H25N3O5. The summed E-state index contributed by atoms with van der Waals surface area (Å²) in [4.78, 5) is 29.4. The number of carbonyl (C=O) groups is 2. The van der Waals surface area contributed by atoms with Gasteiger partial charge in [0.2, 0.25) is 11.8 Å². The van der Waals surface area contributed by atoms with E-state index in [2.05, 4.69) is 12.1 Å². The summed E-state index contributed by atoms with van der Waals surface area (Å²) in [6.45, 7) is 2.13. The summed E-state index contributed by atoms with van der Waals surface area (Å²) in [6, 6.07) is 21.7. The predicted molar refractivity (Wildman–Crippen MR) is 137 cm³/mol. The minimum Gasteiger partial charge on any atom is -0.493 e. The number of anilines is 1. The van der Waals surface area contributed by atoms with Crippen LogP contribution in [0.3, 0.4) is 0 Å². The molecule has 3 saturated heterocycles. The molecule has 3 aromatic carbocycles. The van der Waals surface area contributed by atoms with Crippen LogP contribution in [-0.2, 0) is 19.1 Å². The van der Waals surface area contributed by atoms with Gasteiger partial charge in [0.1, 0.15) is 11.4 Å². The molecule has 38 heavy (non-hydrogen) atoms. The molecule has 0 saturated carbocycles. The number of rotatable bonds is 6. The van der Waals surface area contributed by atoms with Gasteiger partial charge in [-0.15, -0.1) is 0 Å². The van der Waals surface area contributed by atoms with Crippen molar-refractivity contribution in [3.05, 3.63) is 71.8 Å². The number of carbonyl (C=O) groups excluding carboxylic acids is 2. The predicted octanol–water partition coefficient (Wildman–Crippen LogP) is 4.10. The lowest BCUT2D eigenvalue weighted by atomic mass is 9.66. The van der Waals surface area contributed by atoms with E-state index in [1.165, 1.54) is 4.90 Å². The zero-order valence-corrected chi connectivity index (χ0v) is 21.0. The number of hydrogen-bond donors (Lipinski definition) is 0. The third kappa shape index (κ3) is 3.28. The van der Waals surface area contributed by atoms with Gasteiger partial charge in [-0.05, 0) is 43.3 Å². The Morgan fingerprint density at radius 2 is 1.68 bits per heavy atom. The van der Waals surface area contributed by atoms with Gasteiger partial charge in [0.25, 0.3) is 0 Å². The zero-order valence-electron chi connectivity index (χ0n) is 21.0. The molecule has 2 unspecified atom stereocenters. The lowest BCUT2D eigenvalue weighted by molar-refractivity contribution is -0.135. The van der Waals surface area contributed by atoms with Crippen LogP contribution in [-0.4, -0.2) is 42.8 Å². The van der Waals surface area contributed by atoms with Crippen LogP contribution in [0.4, 0.5) is 5.69 Å². The molecule has 8 nitrogen and oxygen atoms in total. The average molecular weight is 508 g/mol. The number of benzene rings is 3. The van der Waals surface area contributed by atoms with Crippen molar-refractivity contribution in [2.75, 3.05) is 18.6 Å². The summed E-state index contributed by atoms with van der Waals surface area (Å²) >= 11 is 0. The van der Waals surface area contributed by atoms with Crippen molar-refractivity contribution in [1.29, 1.82) is 10.5 Å². The zero-order chi connectivity index (χ0) is 26.7. The average Bonchev–Trinajstić information content (AvgIpc) is 3.49. The fraction of sp³-hybridized carbons (Fsp3) is 0.333. The SMILES string of the molecule is CO[C@@H]1CC2(CCOc3ccc(C#N)cc3)OC1(C)[C@H]1C(=O)N(c3ccc(C#N)c4ccccc34)C(=O)[C@H]12. The van der Waals surface area contributed by atoms with Gasteiger partial charge in [0, 0.05) is 30.7 Å². The van der Waals surface area contributed by atoms with Gasteiger partial charge < -0.3 is 14.2 Å². The van der Waals surface area contributed by atoms with Crippen molar-refractivity contribution in [3.8, 4) is 17.9 Å². The van der Waals surface area contributed by atoms with Gasteiger partial charge in [0.15, 0.2) is 0 Å². The normalized spacial score (nSPS) is 29.4. The smallest absolute Gasteiger partial charge is 0.240 e. The van der Waals surface area contributed by atoms with Crippen LogP contribution in [0.1, 0.15) is 30.9 Å². The van der Waals surface area contributed by atoms with Crippen molar-refractivity contribution in [1.82, 2.24) is 0 Å². The molecule has 6 rings (SSSR count). The van der Waals surface area contributed by atoms with Gasteiger partial charge in [0.05, 0.1) is 59.1 Å². The van der Waals surface area contributed by atoms with E-state index in [9.17, 15) is 14.9 Å². The molecule has 0 spiro atoms. The standard InChI is InChI=1S/C30H25N3O5/c1-29-24(36-2)15-30(38-29,13-14-37-20-10-7-18(16-31)8-11-20)26-25(29)27(34)33(28(26)35)23-12-9-19(17-32)21-5-3-4-6-22(21)23/h3-12,24-26H,13-15H2,1-2H3/t24-,25-,26+,29?,30?/m1/s1. The van der Waals surface area contributed by atoms with Crippen LogP contribution in [0, 0.1) is 34.5 Å². The number of methoxy groups -OCH3 is 1. The summed E-state index contributed by atoms with van der Waals surface area (Å²) in [5.41, 5.74) is -0.383. The molecule has 3 fully saturated rings. The first-order chi connectivity index (χ1) is 18.4. The van der Waals surface area contributed by atoms with Gasteiger partial charge >= 0.3 is 0 Å². The second-order valence-electron chi connectivity index (χ2n) is 10.3. The Morgan fingerprint density at radius 1 is 0.974 bits per heavy atom. The molecule has 3 aromatic rings. The topological polar surface area (TPSA) is 113 Å². The van der Waals surface area contributed by atoms with Crippen molar-refractivity contribution < 1.29 is 23.8 Å². The molecule has 0 aliphatic carbocycles. The largest absolute Gasteiger partial charge is 0.493 e. The molecule has 8 heteroatoms. The Hall–Kier alpha value is -4.24. The highest BCUT2D eigenvalue weighted by Crippen LogP contribution is 2.63. The van der Waals surface area contributed by atoms with E-state index in [-0.39, 0.29) is 24.5 Å². The first-order valence-electron chi connectivity index (χ1n) is 12.5. The lowest BCUT2D eigenvalue weighted by Gasteiger charge is -2.35. The van der Waals surface area contributed by atoms with Crippen LogP contribution in [0.15, 0.2) is 60.7 Å². The molecule has 3 aliphatic rings. The third-order valence-electron chi connectivity index (χ3n) is 8.41. The molecule has 190 valence electrons. The molecule has 3 heterocycles. The van der Waals surface area contributed by atoms with Crippen LogP contribution in [0.2, 0.25) is 0 Å². The number of nitrogens with zero attached hydrogens (tertiary/aromatic N) is 3. The van der Waals surface area contributed by atoms with Crippen molar-refractivity contribution >= 4 is 28.3 Å². The number of fused-ring (bicyclic) bond motifs is 6. The number of hydrogen-bond acceptors (Lipinski definition) is 7. The van der Waals surface area contributed by atoms with Crippen molar-refractivity contribution in [2.24, 2.45) is 11.8 Å². The first kappa shape index (κ1) is 24.1. The molecule has 0 aromatic heterocycles. The number of amides is 2. The maximum Gasteiger partial charge on any atom is 0.240 e. The van der Waals surface area contributed by atoms with Crippen LogP contribution >= 0.6 is 0 Å². The highest BCUT2D eigenvalue weighted by Gasteiger charge is 2.77. The monoisotopic (exact) mass is 507 g/mol. The van der Waals surface area contributed by atoms with E-state index < -0.39 is 23.0 Å². The molecule has 0 N–H and O–H groups in total. The first-order valence-corrected chi connectivity index (χ1v) is 12.5. The Morgan fingerprint density at radius 3 is 2.37 bits per heavy atom. The van der Waals surface area contributed by atoms with Crippen LogP contribution < -0.4 is 9.64 Å². The third-order valence-corrected chi connectivity index (χ3v) is 8.41. The lowest BCUT2D eigenvalue weighted by Crippen LogP contribution is -2.50. The summed E-state index contributed by atoms with van der Waals surface area (Å²) < 4.78 is 18.3. The molecule has 2 bridgehead atoms. The highest BCUT2D eigenvalue weighted by atomic mass is 16.6. The molecular weight excluding hydrogens is 482 g/mol. The van der Waals surface area contributed by atoms with E-state index in [0.717, 1.165) is 0 Å². The highest BCUT2D eigenvalue weighted by molar-refractivity contribution is 6.26. The summed E-state index contributed by atoms with van der Waals surface area (Å²) in [6.07, 6.45) is 0.511. The Bertz CT molecular complexity index is 1550. The summed E-state index contributed by atoms with van der Waals surface area (Å²) in [7, 11) is 1.60. The van der Waals surface area contributed by atoms with Crippen molar-refractivity contribution in [3.63, 3.8) is 0 Å². The van der Waals surface area contributed by atoms with Crippen LogP contribution in [0.5, 0.6) is 5.75 Å². The van der Waals surface area contributed by atoms with E-state index in [1.54, 1.807) is 43.5 Å². The summed E-state index contributed by atoms with van der Waals surface area (Å²) in [5, 5.41) is 19.9. The van der Waals surface area contributed by atoms with E-state index in [0.29, 0.717) is 46.2 Å². The minimum atomic E-state index is -0.961. The fourth-order valence-corrected chi connectivity index (χ4v) is 6.70. The second kappa shape index (κ2) is 8.66. The van der Waals surface area contributed by atoms with E-state index >= 15 is 0 Å². The summed E-state index contributed by atoms with van der Waals surface area (Å²) in [5.74, 6) is -1.37. The van der Waals surface area contributed by atoms with Gasteiger partial charge in [-0.3, -0.25) is 9.59 Å².